The van der Waals surface area contributed by atoms with Crippen molar-refractivity contribution in [1.29, 1.82) is 0 Å². The lowest BCUT2D eigenvalue weighted by Crippen LogP contribution is -2.42. The maximum absolute atomic E-state index is 5.80. The van der Waals surface area contributed by atoms with Crippen LogP contribution in [0.5, 0.6) is 0 Å². The first-order valence-corrected chi connectivity index (χ1v) is 7.98. The van der Waals surface area contributed by atoms with Gasteiger partial charge in [-0.3, -0.25) is 4.98 Å². The summed E-state index contributed by atoms with van der Waals surface area (Å²) in [6.07, 6.45) is 10.7. The first-order chi connectivity index (χ1) is 9.68. The molecule has 0 amide bonds. The van der Waals surface area contributed by atoms with Crippen molar-refractivity contribution in [3.05, 3.63) is 24.0 Å². The molecule has 0 bridgehead atoms. The molecule has 1 aromatic heterocycles. The maximum atomic E-state index is 5.80. The molecule has 106 valence electrons. The third kappa shape index (κ3) is 2.53. The predicted octanol–water partition coefficient (Wildman–Crippen LogP) is 2.89. The van der Waals surface area contributed by atoms with Gasteiger partial charge in [0, 0.05) is 30.5 Å². The van der Waals surface area contributed by atoms with Crippen LogP contribution in [0.3, 0.4) is 0 Å². The summed E-state index contributed by atoms with van der Waals surface area (Å²) in [6.45, 7) is 4.19. The monoisotopic (exact) mass is 269 g/mol. The lowest BCUT2D eigenvalue weighted by Gasteiger charge is -2.49. The molecule has 2 fully saturated rings. The standard InChI is InChI=1S/C17H24BNO/c1-2-17(15-5-4-14(18)12-19-15)7-3-6-16(13-17)8-10-20-11-9-16/h4-5,12H,2-3,6-11,13H2,1H3. The van der Waals surface area contributed by atoms with Crippen molar-refractivity contribution in [1.82, 2.24) is 4.98 Å². The molecule has 2 aliphatic rings. The molecule has 0 N–H and O–H groups in total. The molecule has 1 aliphatic heterocycles. The van der Waals surface area contributed by atoms with E-state index in [1.165, 1.54) is 50.6 Å². The third-order valence-corrected chi connectivity index (χ3v) is 5.64. The SMILES string of the molecule is [B]c1ccc(C2(CC)CCCC3(CCOCC3)C2)nc1. The van der Waals surface area contributed by atoms with Crippen LogP contribution in [-0.4, -0.2) is 26.0 Å². The number of ether oxygens (including phenoxy) is 1. The van der Waals surface area contributed by atoms with Crippen molar-refractivity contribution in [3.63, 3.8) is 0 Å². The molecular weight excluding hydrogens is 245 g/mol. The number of hydrogen-bond donors (Lipinski definition) is 0. The Hall–Kier alpha value is -0.825. The van der Waals surface area contributed by atoms with Gasteiger partial charge in [-0.2, -0.15) is 0 Å². The van der Waals surface area contributed by atoms with Gasteiger partial charge in [-0.05, 0) is 50.0 Å². The minimum absolute atomic E-state index is 0.253. The number of aromatic nitrogens is 1. The van der Waals surface area contributed by atoms with E-state index in [0.29, 0.717) is 5.41 Å². The molecule has 1 saturated heterocycles. The van der Waals surface area contributed by atoms with Crippen LogP contribution in [0.2, 0.25) is 0 Å². The van der Waals surface area contributed by atoms with Crippen LogP contribution in [0.1, 0.15) is 57.6 Å². The highest BCUT2D eigenvalue weighted by atomic mass is 16.5. The second kappa shape index (κ2) is 5.52. The Kier molecular flexibility index (Phi) is 3.90. The molecule has 3 rings (SSSR count). The van der Waals surface area contributed by atoms with Crippen LogP contribution >= 0.6 is 0 Å². The van der Waals surface area contributed by atoms with Crippen LogP contribution < -0.4 is 5.46 Å². The van der Waals surface area contributed by atoms with E-state index in [4.69, 9.17) is 12.6 Å². The highest BCUT2D eigenvalue weighted by Gasteiger charge is 2.45. The van der Waals surface area contributed by atoms with Crippen molar-refractivity contribution in [2.45, 2.75) is 57.3 Å². The van der Waals surface area contributed by atoms with Crippen molar-refractivity contribution in [3.8, 4) is 0 Å². The van der Waals surface area contributed by atoms with Gasteiger partial charge in [0.25, 0.3) is 0 Å². The Morgan fingerprint density at radius 1 is 1.20 bits per heavy atom. The summed E-state index contributed by atoms with van der Waals surface area (Å²) in [5.74, 6) is 0. The van der Waals surface area contributed by atoms with Gasteiger partial charge in [-0.25, -0.2) is 0 Å². The molecular formula is C17H24BNO. The second-order valence-electron chi connectivity index (χ2n) is 6.75. The molecule has 20 heavy (non-hydrogen) atoms. The van der Waals surface area contributed by atoms with Gasteiger partial charge in [0.05, 0.1) is 0 Å². The van der Waals surface area contributed by atoms with E-state index < -0.39 is 0 Å². The molecule has 1 saturated carbocycles. The fraction of sp³-hybridized carbons (Fsp3) is 0.706. The summed E-state index contributed by atoms with van der Waals surface area (Å²) < 4.78 is 5.59. The van der Waals surface area contributed by atoms with Crippen molar-refractivity contribution in [2.75, 3.05) is 13.2 Å². The van der Waals surface area contributed by atoms with E-state index in [1.807, 2.05) is 12.3 Å². The Morgan fingerprint density at radius 3 is 2.65 bits per heavy atom. The van der Waals surface area contributed by atoms with Gasteiger partial charge in [-0.1, -0.05) is 24.9 Å². The topological polar surface area (TPSA) is 22.1 Å². The lowest BCUT2D eigenvalue weighted by atomic mass is 9.57. The van der Waals surface area contributed by atoms with Crippen molar-refractivity contribution < 1.29 is 4.74 Å². The van der Waals surface area contributed by atoms with E-state index in [-0.39, 0.29) is 5.41 Å². The highest BCUT2D eigenvalue weighted by molar-refractivity contribution is 6.32. The van der Waals surface area contributed by atoms with Crippen LogP contribution in [0.25, 0.3) is 0 Å². The zero-order valence-corrected chi connectivity index (χ0v) is 12.5. The summed E-state index contributed by atoms with van der Waals surface area (Å²) in [4.78, 5) is 4.67. The van der Waals surface area contributed by atoms with Gasteiger partial charge < -0.3 is 4.74 Å². The molecule has 1 spiro atoms. The van der Waals surface area contributed by atoms with E-state index in [1.54, 1.807) is 0 Å². The molecule has 2 heterocycles. The van der Waals surface area contributed by atoms with Gasteiger partial charge >= 0.3 is 0 Å². The quantitative estimate of drug-likeness (QED) is 0.770. The number of rotatable bonds is 2. The zero-order chi connectivity index (χ0) is 14.1. The van der Waals surface area contributed by atoms with Crippen molar-refractivity contribution >= 4 is 13.3 Å². The second-order valence-corrected chi connectivity index (χ2v) is 6.75. The summed E-state index contributed by atoms with van der Waals surface area (Å²) >= 11 is 0. The molecule has 0 aromatic carbocycles. The molecule has 3 heteroatoms. The molecule has 2 radical (unpaired) electrons. The number of nitrogens with zero attached hydrogens (tertiary/aromatic N) is 1. The summed E-state index contributed by atoms with van der Waals surface area (Å²) in [5, 5.41) is 0. The molecule has 1 aliphatic carbocycles. The van der Waals surface area contributed by atoms with E-state index in [9.17, 15) is 0 Å². The molecule has 2 nitrogen and oxygen atoms in total. The predicted molar refractivity (Wildman–Crippen MR) is 82.5 cm³/mol. The lowest BCUT2D eigenvalue weighted by molar-refractivity contribution is -0.0255. The van der Waals surface area contributed by atoms with E-state index >= 15 is 0 Å². The summed E-state index contributed by atoms with van der Waals surface area (Å²) in [5.41, 5.74) is 2.76. The van der Waals surface area contributed by atoms with Gasteiger partial charge in [-0.15, -0.1) is 0 Å². The summed E-state index contributed by atoms with van der Waals surface area (Å²) in [6, 6.07) is 4.15. The maximum Gasteiger partial charge on any atom is 0.115 e. The van der Waals surface area contributed by atoms with Crippen LogP contribution in [0.15, 0.2) is 18.3 Å². The van der Waals surface area contributed by atoms with Crippen LogP contribution in [0.4, 0.5) is 0 Å². The van der Waals surface area contributed by atoms with Gasteiger partial charge in [0.2, 0.25) is 0 Å². The van der Waals surface area contributed by atoms with Crippen LogP contribution in [0, 0.1) is 5.41 Å². The van der Waals surface area contributed by atoms with Gasteiger partial charge in [0.1, 0.15) is 7.85 Å². The van der Waals surface area contributed by atoms with E-state index in [0.717, 1.165) is 18.7 Å². The first-order valence-electron chi connectivity index (χ1n) is 7.98. The first kappa shape index (κ1) is 14.1. The minimum Gasteiger partial charge on any atom is -0.381 e. The number of pyridine rings is 1. The highest BCUT2D eigenvalue weighted by Crippen LogP contribution is 2.53. The van der Waals surface area contributed by atoms with E-state index in [2.05, 4.69) is 18.0 Å². The van der Waals surface area contributed by atoms with Gasteiger partial charge in [0.15, 0.2) is 0 Å². The average Bonchev–Trinajstić information content (AvgIpc) is 2.48. The Balaban J connectivity index is 1.89. The Labute approximate surface area is 123 Å². The zero-order valence-electron chi connectivity index (χ0n) is 12.5. The molecule has 1 unspecified atom stereocenters. The van der Waals surface area contributed by atoms with Crippen LogP contribution in [-0.2, 0) is 10.2 Å². The normalized spacial score (nSPS) is 29.4. The number of hydrogen-bond acceptors (Lipinski definition) is 2. The molecule has 1 aromatic rings. The fourth-order valence-corrected chi connectivity index (χ4v) is 4.35. The largest absolute Gasteiger partial charge is 0.381 e. The Morgan fingerprint density at radius 2 is 2.00 bits per heavy atom. The average molecular weight is 269 g/mol. The minimum atomic E-state index is 0.253. The fourth-order valence-electron chi connectivity index (χ4n) is 4.35. The summed E-state index contributed by atoms with van der Waals surface area (Å²) in [7, 11) is 5.80. The molecule has 1 atom stereocenters. The Bertz CT molecular complexity index is 447. The smallest absolute Gasteiger partial charge is 0.115 e. The van der Waals surface area contributed by atoms with Crippen molar-refractivity contribution in [2.24, 2.45) is 5.41 Å². The third-order valence-electron chi connectivity index (χ3n) is 5.64.